The van der Waals surface area contributed by atoms with Crippen molar-refractivity contribution in [2.75, 3.05) is 20.3 Å². The van der Waals surface area contributed by atoms with E-state index in [0.717, 1.165) is 25.3 Å². The summed E-state index contributed by atoms with van der Waals surface area (Å²) in [6.45, 7) is 1.88. The molecular formula is C10H20N2O. The van der Waals surface area contributed by atoms with Crippen molar-refractivity contribution in [2.24, 2.45) is 5.73 Å². The molecule has 0 spiro atoms. The van der Waals surface area contributed by atoms with Crippen LogP contribution in [0.15, 0.2) is 0 Å². The first kappa shape index (κ1) is 9.44. The first-order chi connectivity index (χ1) is 6.27. The first-order valence-electron chi connectivity index (χ1n) is 5.32. The second kappa shape index (κ2) is 3.95. The van der Waals surface area contributed by atoms with Crippen LogP contribution in [0.5, 0.6) is 0 Å². The van der Waals surface area contributed by atoms with Crippen LogP contribution < -0.4 is 5.73 Å². The summed E-state index contributed by atoms with van der Waals surface area (Å²) in [5.41, 5.74) is 5.78. The Kier molecular flexibility index (Phi) is 2.86. The van der Waals surface area contributed by atoms with E-state index in [1.54, 1.807) is 0 Å². The van der Waals surface area contributed by atoms with Gasteiger partial charge in [0.25, 0.3) is 0 Å². The molecule has 1 aliphatic heterocycles. The Bertz CT molecular complexity index is 162. The molecule has 3 heteroatoms. The van der Waals surface area contributed by atoms with Crippen LogP contribution >= 0.6 is 0 Å². The second-order valence-electron chi connectivity index (χ2n) is 4.39. The van der Waals surface area contributed by atoms with Crippen LogP contribution in [0, 0.1) is 0 Å². The summed E-state index contributed by atoms with van der Waals surface area (Å²) in [4.78, 5) is 2.52. The Balaban J connectivity index is 1.78. The van der Waals surface area contributed by atoms with Gasteiger partial charge in [0.05, 0.1) is 0 Å². The molecule has 0 unspecified atom stereocenters. The maximum atomic E-state index is 5.78. The highest BCUT2D eigenvalue weighted by atomic mass is 16.5. The average Bonchev–Trinajstić information content (AvgIpc) is 2.13. The zero-order chi connectivity index (χ0) is 9.26. The molecular weight excluding hydrogens is 164 g/mol. The molecule has 2 rings (SSSR count). The van der Waals surface area contributed by atoms with Crippen LogP contribution in [-0.4, -0.2) is 43.3 Å². The highest BCUT2D eigenvalue weighted by molar-refractivity contribution is 4.91. The summed E-state index contributed by atoms with van der Waals surface area (Å²) in [6, 6.07) is 1.96. The molecule has 2 aliphatic rings. The molecule has 3 nitrogen and oxygen atoms in total. The van der Waals surface area contributed by atoms with Crippen LogP contribution in [0.2, 0.25) is 0 Å². The molecule has 1 heterocycles. The summed E-state index contributed by atoms with van der Waals surface area (Å²) < 4.78 is 5.35. The highest BCUT2D eigenvalue weighted by Crippen LogP contribution is 2.27. The predicted molar refractivity (Wildman–Crippen MR) is 52.6 cm³/mol. The number of nitrogens with zero attached hydrogens (tertiary/aromatic N) is 1. The van der Waals surface area contributed by atoms with Crippen molar-refractivity contribution in [3.63, 3.8) is 0 Å². The number of hydrogen-bond donors (Lipinski definition) is 1. The van der Waals surface area contributed by atoms with E-state index >= 15 is 0 Å². The third-order valence-electron chi connectivity index (χ3n) is 3.49. The Labute approximate surface area is 80.2 Å². The van der Waals surface area contributed by atoms with Gasteiger partial charge in [-0.3, -0.25) is 0 Å². The molecule has 1 saturated carbocycles. The Morgan fingerprint density at radius 1 is 1.15 bits per heavy atom. The lowest BCUT2D eigenvalue weighted by Gasteiger charge is -2.44. The molecule has 0 atom stereocenters. The normalized spacial score (nSPS) is 36.2. The molecule has 2 N–H and O–H groups in total. The average molecular weight is 184 g/mol. The molecule has 0 aromatic rings. The molecule has 1 saturated heterocycles. The van der Waals surface area contributed by atoms with Crippen molar-refractivity contribution in [3.8, 4) is 0 Å². The molecule has 1 aliphatic carbocycles. The molecule has 0 aromatic carbocycles. The maximum Gasteiger partial charge on any atom is 0.0480 e. The lowest BCUT2D eigenvalue weighted by Crippen LogP contribution is -2.53. The minimum absolute atomic E-state index is 0.465. The quantitative estimate of drug-likeness (QED) is 0.682. The molecule has 2 fully saturated rings. The van der Waals surface area contributed by atoms with Crippen LogP contribution in [0.3, 0.4) is 0 Å². The molecule has 0 amide bonds. The minimum atomic E-state index is 0.465. The van der Waals surface area contributed by atoms with E-state index in [4.69, 9.17) is 10.5 Å². The molecule has 13 heavy (non-hydrogen) atoms. The molecule has 0 bridgehead atoms. The SMILES string of the molecule is CN(C1CCOCC1)C1CC(N)C1. The van der Waals surface area contributed by atoms with Gasteiger partial charge in [-0.15, -0.1) is 0 Å². The van der Waals surface area contributed by atoms with Gasteiger partial charge in [-0.25, -0.2) is 0 Å². The van der Waals surface area contributed by atoms with Crippen molar-refractivity contribution in [2.45, 2.75) is 43.8 Å². The molecule has 0 aromatic heterocycles. The van der Waals surface area contributed by atoms with Gasteiger partial charge in [0, 0.05) is 31.3 Å². The van der Waals surface area contributed by atoms with Crippen molar-refractivity contribution in [1.29, 1.82) is 0 Å². The zero-order valence-corrected chi connectivity index (χ0v) is 8.41. The van der Waals surface area contributed by atoms with E-state index in [1.165, 1.54) is 25.7 Å². The van der Waals surface area contributed by atoms with Crippen LogP contribution in [0.25, 0.3) is 0 Å². The summed E-state index contributed by atoms with van der Waals surface area (Å²) in [5.74, 6) is 0. The van der Waals surface area contributed by atoms with Gasteiger partial charge < -0.3 is 15.4 Å². The number of hydrogen-bond acceptors (Lipinski definition) is 3. The maximum absolute atomic E-state index is 5.78. The van der Waals surface area contributed by atoms with Crippen molar-refractivity contribution >= 4 is 0 Å². The van der Waals surface area contributed by atoms with Crippen LogP contribution in [0.4, 0.5) is 0 Å². The van der Waals surface area contributed by atoms with Gasteiger partial charge in [-0.1, -0.05) is 0 Å². The van der Waals surface area contributed by atoms with Gasteiger partial charge in [0.1, 0.15) is 0 Å². The first-order valence-corrected chi connectivity index (χ1v) is 5.32. The van der Waals surface area contributed by atoms with E-state index in [2.05, 4.69) is 11.9 Å². The predicted octanol–water partition coefficient (Wildman–Crippen LogP) is 0.587. The fourth-order valence-electron chi connectivity index (χ4n) is 2.35. The Morgan fingerprint density at radius 2 is 1.77 bits per heavy atom. The van der Waals surface area contributed by atoms with E-state index < -0.39 is 0 Å². The fourth-order valence-corrected chi connectivity index (χ4v) is 2.35. The van der Waals surface area contributed by atoms with Gasteiger partial charge in [0.2, 0.25) is 0 Å². The third-order valence-corrected chi connectivity index (χ3v) is 3.49. The summed E-state index contributed by atoms with van der Waals surface area (Å²) in [6.07, 6.45) is 4.77. The van der Waals surface area contributed by atoms with Crippen LogP contribution in [-0.2, 0) is 4.74 Å². The van der Waals surface area contributed by atoms with Gasteiger partial charge in [-0.05, 0) is 32.7 Å². The lowest BCUT2D eigenvalue weighted by atomic mass is 9.85. The molecule has 0 radical (unpaired) electrons. The largest absolute Gasteiger partial charge is 0.381 e. The molecule has 76 valence electrons. The third kappa shape index (κ3) is 2.03. The summed E-state index contributed by atoms with van der Waals surface area (Å²) in [7, 11) is 2.24. The van der Waals surface area contributed by atoms with Gasteiger partial charge >= 0.3 is 0 Å². The Morgan fingerprint density at radius 3 is 2.31 bits per heavy atom. The Hall–Kier alpha value is -0.120. The smallest absolute Gasteiger partial charge is 0.0480 e. The summed E-state index contributed by atoms with van der Waals surface area (Å²) in [5, 5.41) is 0. The lowest BCUT2D eigenvalue weighted by molar-refractivity contribution is 0.00951. The topological polar surface area (TPSA) is 38.5 Å². The minimum Gasteiger partial charge on any atom is -0.381 e. The van der Waals surface area contributed by atoms with E-state index in [-0.39, 0.29) is 0 Å². The van der Waals surface area contributed by atoms with Crippen molar-refractivity contribution in [1.82, 2.24) is 4.90 Å². The number of nitrogens with two attached hydrogens (primary N) is 1. The number of rotatable bonds is 2. The van der Waals surface area contributed by atoms with E-state index in [9.17, 15) is 0 Å². The fraction of sp³-hybridized carbons (Fsp3) is 1.00. The van der Waals surface area contributed by atoms with E-state index in [1.807, 2.05) is 0 Å². The van der Waals surface area contributed by atoms with Gasteiger partial charge in [0.15, 0.2) is 0 Å². The van der Waals surface area contributed by atoms with Gasteiger partial charge in [-0.2, -0.15) is 0 Å². The van der Waals surface area contributed by atoms with Crippen LogP contribution in [0.1, 0.15) is 25.7 Å². The summed E-state index contributed by atoms with van der Waals surface area (Å²) >= 11 is 0. The number of ether oxygens (including phenoxy) is 1. The van der Waals surface area contributed by atoms with Crippen molar-refractivity contribution in [3.05, 3.63) is 0 Å². The zero-order valence-electron chi connectivity index (χ0n) is 8.41. The van der Waals surface area contributed by atoms with E-state index in [0.29, 0.717) is 6.04 Å². The standard InChI is InChI=1S/C10H20N2O/c1-12(10-6-8(11)7-10)9-2-4-13-5-3-9/h8-10H,2-7,11H2,1H3. The highest BCUT2D eigenvalue weighted by Gasteiger charge is 2.33. The van der Waals surface area contributed by atoms with Crippen molar-refractivity contribution < 1.29 is 4.74 Å². The monoisotopic (exact) mass is 184 g/mol. The second-order valence-corrected chi connectivity index (χ2v) is 4.39.